The van der Waals surface area contributed by atoms with E-state index >= 15 is 0 Å². The van der Waals surface area contributed by atoms with Gasteiger partial charge in [0.15, 0.2) is 0 Å². The topological polar surface area (TPSA) is 94.0 Å². The summed E-state index contributed by atoms with van der Waals surface area (Å²) in [6.07, 6.45) is -4.85. The minimum atomic E-state index is -4.16. The fraction of sp³-hybridized carbons (Fsp3) is 0.625. The van der Waals surface area contributed by atoms with Crippen molar-refractivity contribution < 1.29 is 22.6 Å². The summed E-state index contributed by atoms with van der Waals surface area (Å²) in [6.45, 7) is 0.112. The Morgan fingerprint density at radius 1 is 1.35 bits per heavy atom. The van der Waals surface area contributed by atoms with Gasteiger partial charge in [-0.25, -0.2) is 4.63 Å². The van der Waals surface area contributed by atoms with Gasteiger partial charge in [-0.3, -0.25) is 4.79 Å². The van der Waals surface area contributed by atoms with E-state index in [0.29, 0.717) is 0 Å². The van der Waals surface area contributed by atoms with Crippen LogP contribution in [0.1, 0.15) is 29.8 Å². The first-order chi connectivity index (χ1) is 7.90. The largest absolute Gasteiger partial charge is 0.389 e. The van der Waals surface area contributed by atoms with Crippen LogP contribution in [0.3, 0.4) is 0 Å². The smallest absolute Gasteiger partial charge is 0.379 e. The molecule has 0 unspecified atom stereocenters. The van der Waals surface area contributed by atoms with E-state index in [1.807, 2.05) is 0 Å². The highest BCUT2D eigenvalue weighted by Crippen LogP contribution is 2.21. The summed E-state index contributed by atoms with van der Waals surface area (Å²) in [5.41, 5.74) is 5.09. The summed E-state index contributed by atoms with van der Waals surface area (Å²) >= 11 is 0. The Labute approximate surface area is 94.3 Å². The number of hydrogen-bond donors (Lipinski definition) is 2. The second-order valence-corrected chi connectivity index (χ2v) is 3.33. The molecule has 0 radical (unpaired) electrons. The highest BCUT2D eigenvalue weighted by molar-refractivity contribution is 5.95. The normalized spacial score (nSPS) is 11.5. The molecule has 9 heteroatoms. The molecule has 0 aliphatic heterocycles. The molecule has 1 rings (SSSR count). The number of nitrogens with one attached hydrogen (secondary N) is 1. The van der Waals surface area contributed by atoms with Crippen molar-refractivity contribution in [3.05, 3.63) is 5.69 Å². The zero-order valence-corrected chi connectivity index (χ0v) is 8.75. The van der Waals surface area contributed by atoms with Crippen LogP contribution >= 0.6 is 0 Å². The third kappa shape index (κ3) is 4.70. The van der Waals surface area contributed by atoms with Crippen LogP contribution in [-0.2, 0) is 0 Å². The fourth-order valence-electron chi connectivity index (χ4n) is 1.09. The lowest BCUT2D eigenvalue weighted by Gasteiger charge is -2.06. The van der Waals surface area contributed by atoms with E-state index in [9.17, 15) is 18.0 Å². The Morgan fingerprint density at radius 2 is 2.06 bits per heavy atom. The number of unbranched alkanes of at least 4 members (excludes halogenated alkanes) is 1. The van der Waals surface area contributed by atoms with E-state index in [0.717, 1.165) is 0 Å². The van der Waals surface area contributed by atoms with Gasteiger partial charge in [0.1, 0.15) is 0 Å². The third-order valence-electron chi connectivity index (χ3n) is 1.90. The molecule has 0 bridgehead atoms. The second kappa shape index (κ2) is 5.51. The first kappa shape index (κ1) is 13.3. The molecule has 0 atom stereocenters. The van der Waals surface area contributed by atoms with E-state index in [1.54, 1.807) is 0 Å². The van der Waals surface area contributed by atoms with Gasteiger partial charge in [0, 0.05) is 13.0 Å². The number of halogens is 3. The minimum Gasteiger partial charge on any atom is -0.379 e. The molecule has 0 aliphatic rings. The summed E-state index contributed by atoms with van der Waals surface area (Å²) in [7, 11) is 0. The van der Waals surface area contributed by atoms with Crippen LogP contribution in [0.4, 0.5) is 19.0 Å². The maximum atomic E-state index is 11.8. The molecule has 0 saturated heterocycles. The molecule has 0 saturated carbocycles. The first-order valence-electron chi connectivity index (χ1n) is 4.83. The fourth-order valence-corrected chi connectivity index (χ4v) is 1.09. The van der Waals surface area contributed by atoms with Gasteiger partial charge >= 0.3 is 6.18 Å². The first-order valence-corrected chi connectivity index (χ1v) is 4.83. The molecule has 0 spiro atoms. The zero-order chi connectivity index (χ0) is 12.9. The predicted octanol–water partition coefficient (Wildman–Crippen LogP) is 1.11. The number of alkyl halides is 3. The molecule has 0 fully saturated rings. The maximum Gasteiger partial charge on any atom is 0.389 e. The Kier molecular flexibility index (Phi) is 4.30. The molecular weight excluding hydrogens is 241 g/mol. The van der Waals surface area contributed by atoms with Gasteiger partial charge in [-0.05, 0) is 23.2 Å². The average molecular weight is 252 g/mol. The van der Waals surface area contributed by atoms with Crippen molar-refractivity contribution >= 4 is 11.7 Å². The average Bonchev–Trinajstić information content (AvgIpc) is 2.62. The Hall–Kier alpha value is -1.80. The molecule has 0 aliphatic carbocycles. The van der Waals surface area contributed by atoms with E-state index in [4.69, 9.17) is 5.73 Å². The van der Waals surface area contributed by atoms with E-state index in [1.165, 1.54) is 0 Å². The summed E-state index contributed by atoms with van der Waals surface area (Å²) in [5, 5.41) is 8.81. The van der Waals surface area contributed by atoms with Gasteiger partial charge in [0.05, 0.1) is 0 Å². The molecule has 17 heavy (non-hydrogen) atoms. The van der Waals surface area contributed by atoms with Crippen LogP contribution in [0.2, 0.25) is 0 Å². The van der Waals surface area contributed by atoms with Gasteiger partial charge in [-0.15, -0.1) is 0 Å². The van der Waals surface area contributed by atoms with Gasteiger partial charge < -0.3 is 11.1 Å². The third-order valence-corrected chi connectivity index (χ3v) is 1.90. The van der Waals surface area contributed by atoms with Gasteiger partial charge in [0.25, 0.3) is 5.91 Å². The van der Waals surface area contributed by atoms with Crippen molar-refractivity contribution in [2.75, 3.05) is 12.3 Å². The molecule has 1 amide bonds. The number of nitrogens with two attached hydrogens (primary N) is 1. The minimum absolute atomic E-state index is 0.0453. The Balaban J connectivity index is 2.20. The molecule has 96 valence electrons. The molecule has 1 aromatic rings. The number of nitrogen functional groups attached to an aromatic ring is 1. The number of anilines is 1. The highest BCUT2D eigenvalue weighted by atomic mass is 19.4. The van der Waals surface area contributed by atoms with Crippen LogP contribution < -0.4 is 11.1 Å². The zero-order valence-electron chi connectivity index (χ0n) is 8.75. The number of nitrogens with zero attached hydrogens (tertiary/aromatic N) is 2. The highest BCUT2D eigenvalue weighted by Gasteiger charge is 2.25. The van der Waals surface area contributed by atoms with E-state index < -0.39 is 18.5 Å². The molecule has 1 aromatic heterocycles. The lowest BCUT2D eigenvalue weighted by molar-refractivity contribution is -0.135. The molecular formula is C8H11F3N4O2. The Morgan fingerprint density at radius 3 is 2.59 bits per heavy atom. The summed E-state index contributed by atoms with van der Waals surface area (Å²) in [4.78, 5) is 11.3. The summed E-state index contributed by atoms with van der Waals surface area (Å²) in [6, 6.07) is 0. The van der Waals surface area contributed by atoms with Crippen molar-refractivity contribution in [3.63, 3.8) is 0 Å². The number of rotatable bonds is 5. The molecule has 3 N–H and O–H groups in total. The SMILES string of the molecule is Nc1nonc1C(=O)NCCCCC(F)(F)F. The van der Waals surface area contributed by atoms with Crippen LogP contribution in [0.5, 0.6) is 0 Å². The van der Waals surface area contributed by atoms with Crippen molar-refractivity contribution in [3.8, 4) is 0 Å². The number of carbonyl (C=O) groups excluding carboxylic acids is 1. The van der Waals surface area contributed by atoms with Crippen molar-refractivity contribution in [2.45, 2.75) is 25.4 Å². The summed E-state index contributed by atoms with van der Waals surface area (Å²) < 4.78 is 39.6. The number of aromatic nitrogens is 2. The number of carbonyl (C=O) groups is 1. The van der Waals surface area contributed by atoms with Crippen LogP contribution in [0.15, 0.2) is 4.63 Å². The predicted molar refractivity (Wildman–Crippen MR) is 50.9 cm³/mol. The molecule has 1 heterocycles. The standard InChI is InChI=1S/C8H11F3N4O2/c9-8(10,11)3-1-2-4-13-7(16)5-6(12)15-17-14-5/h1-4H2,(H2,12,15)(H,13,16). The van der Waals surface area contributed by atoms with Crippen LogP contribution in [0, 0.1) is 0 Å². The van der Waals surface area contributed by atoms with Crippen LogP contribution in [0.25, 0.3) is 0 Å². The van der Waals surface area contributed by atoms with Crippen LogP contribution in [-0.4, -0.2) is 28.9 Å². The van der Waals surface area contributed by atoms with Gasteiger partial charge in [-0.1, -0.05) is 0 Å². The lowest BCUT2D eigenvalue weighted by atomic mass is 10.2. The lowest BCUT2D eigenvalue weighted by Crippen LogP contribution is -2.25. The summed E-state index contributed by atoms with van der Waals surface area (Å²) in [5.74, 6) is -0.770. The van der Waals surface area contributed by atoms with Crippen molar-refractivity contribution in [2.24, 2.45) is 0 Å². The quantitative estimate of drug-likeness (QED) is 0.765. The van der Waals surface area contributed by atoms with Gasteiger partial charge in [0.2, 0.25) is 11.5 Å². The maximum absolute atomic E-state index is 11.8. The number of amides is 1. The Bertz CT molecular complexity index is 377. The van der Waals surface area contributed by atoms with Gasteiger partial charge in [-0.2, -0.15) is 13.2 Å². The number of hydrogen-bond acceptors (Lipinski definition) is 5. The monoisotopic (exact) mass is 252 g/mol. The second-order valence-electron chi connectivity index (χ2n) is 3.33. The molecule has 0 aromatic carbocycles. The van der Waals surface area contributed by atoms with Crippen molar-refractivity contribution in [1.82, 2.24) is 15.6 Å². The van der Waals surface area contributed by atoms with E-state index in [-0.39, 0.29) is 30.9 Å². The van der Waals surface area contributed by atoms with Crippen molar-refractivity contribution in [1.29, 1.82) is 0 Å². The molecule has 6 nitrogen and oxygen atoms in total. The van der Waals surface area contributed by atoms with E-state index in [2.05, 4.69) is 20.3 Å².